The van der Waals surface area contributed by atoms with Crippen LogP contribution in [0.25, 0.3) is 10.4 Å². The average Bonchev–Trinajstić information content (AvgIpc) is 3.67. The molecule has 17 heteroatoms. The molecule has 2 saturated carbocycles. The highest BCUT2D eigenvalue weighted by atomic mass is 19.2. The first-order valence-electron chi connectivity index (χ1n) is 13.7. The van der Waals surface area contributed by atoms with Gasteiger partial charge < -0.3 is 33.9 Å². The van der Waals surface area contributed by atoms with Crippen molar-refractivity contribution >= 4 is 23.6 Å². The molecular formula is C27H25F4N3O10. The van der Waals surface area contributed by atoms with E-state index in [1.165, 1.54) is 6.92 Å². The second-order valence-electron chi connectivity index (χ2n) is 13.2. The second kappa shape index (κ2) is 8.40. The summed E-state index contributed by atoms with van der Waals surface area (Å²) in [7, 11) is 0. The third-order valence-electron chi connectivity index (χ3n) is 10.8. The van der Waals surface area contributed by atoms with Crippen molar-refractivity contribution in [2.45, 2.75) is 82.6 Å². The van der Waals surface area contributed by atoms with Gasteiger partial charge in [0.1, 0.15) is 17.9 Å². The standard InChI is InChI=1S/C27H25F4N3O10/c1-7-19(36)42-17-16(35)25-10-5-9(23(2,3)4)24(25)18(20(37)43-22(24)44-27(25,21(38)41-10)26(7,17)39)40-6-8-11(28)13(30)15(33-34-32)14(31)12(8)29/h7,9-10,16-18,22,35,39H,5-6H2,1-4H3/t7-,9+,10-,16+,17+,18+,22+,24-,25-,26-,27+/m1/s1. The molecule has 6 fully saturated rings. The number of carbonyl (C=O) groups excluding carboxylic acids is 3. The van der Waals surface area contributed by atoms with Gasteiger partial charge in [-0.1, -0.05) is 25.9 Å². The van der Waals surface area contributed by atoms with Gasteiger partial charge in [0, 0.05) is 4.91 Å². The Morgan fingerprint density at radius 2 is 1.68 bits per heavy atom. The maximum atomic E-state index is 15.0. The molecule has 11 atom stereocenters. The van der Waals surface area contributed by atoms with E-state index in [0.717, 1.165) is 0 Å². The lowest BCUT2D eigenvalue weighted by Crippen LogP contribution is -2.67. The summed E-state index contributed by atoms with van der Waals surface area (Å²) in [5.74, 6) is -13.4. The molecule has 44 heavy (non-hydrogen) atoms. The lowest BCUT2D eigenvalue weighted by atomic mass is 9.51. The van der Waals surface area contributed by atoms with Crippen LogP contribution in [0.4, 0.5) is 23.2 Å². The average molecular weight is 628 g/mol. The molecule has 0 bridgehead atoms. The minimum absolute atomic E-state index is 0.0254. The van der Waals surface area contributed by atoms with Crippen molar-refractivity contribution < 1.29 is 65.8 Å². The number of hydrogen-bond acceptors (Lipinski definition) is 11. The molecule has 7 rings (SSSR count). The molecule has 2 aliphatic carbocycles. The number of hydrogen-bond donors (Lipinski definition) is 2. The van der Waals surface area contributed by atoms with E-state index in [4.69, 9.17) is 29.2 Å². The van der Waals surface area contributed by atoms with Gasteiger partial charge in [-0.2, -0.15) is 0 Å². The molecule has 2 spiro atoms. The topological polar surface area (TPSA) is 187 Å². The largest absolute Gasteiger partial charge is 0.459 e. The molecule has 0 unspecified atom stereocenters. The molecule has 2 N–H and O–H groups in total. The summed E-state index contributed by atoms with van der Waals surface area (Å²) >= 11 is 0. The van der Waals surface area contributed by atoms with E-state index in [2.05, 4.69) is 10.0 Å². The van der Waals surface area contributed by atoms with Gasteiger partial charge in [0.25, 0.3) is 0 Å². The number of carbonyl (C=O) groups is 3. The van der Waals surface area contributed by atoms with Gasteiger partial charge in [-0.05, 0) is 30.2 Å². The van der Waals surface area contributed by atoms with Gasteiger partial charge in [-0.15, -0.1) is 0 Å². The molecule has 0 amide bonds. The molecule has 1 aromatic rings. The van der Waals surface area contributed by atoms with E-state index in [-0.39, 0.29) is 6.42 Å². The summed E-state index contributed by atoms with van der Waals surface area (Å²) in [6, 6.07) is 0. The Hall–Kier alpha value is -3.50. The van der Waals surface area contributed by atoms with E-state index < -0.39 is 129 Å². The van der Waals surface area contributed by atoms with Crippen molar-refractivity contribution in [1.82, 2.24) is 0 Å². The number of aliphatic hydroxyl groups is 2. The molecule has 4 aliphatic heterocycles. The summed E-state index contributed by atoms with van der Waals surface area (Å²) < 4.78 is 87.8. The molecule has 6 aliphatic rings. The Balaban J connectivity index is 1.43. The van der Waals surface area contributed by atoms with Gasteiger partial charge >= 0.3 is 17.9 Å². The molecule has 13 nitrogen and oxygen atoms in total. The van der Waals surface area contributed by atoms with Crippen LogP contribution < -0.4 is 0 Å². The Bertz CT molecular complexity index is 1600. The minimum atomic E-state index is -2.51. The predicted octanol–water partition coefficient (Wildman–Crippen LogP) is 2.35. The van der Waals surface area contributed by atoms with Gasteiger partial charge in [0.15, 0.2) is 41.1 Å². The van der Waals surface area contributed by atoms with E-state index in [1.54, 1.807) is 20.8 Å². The van der Waals surface area contributed by atoms with Crippen molar-refractivity contribution in [3.63, 3.8) is 0 Å². The molecule has 236 valence electrons. The molecular weight excluding hydrogens is 602 g/mol. The Labute approximate surface area is 244 Å². The Morgan fingerprint density at radius 1 is 1.05 bits per heavy atom. The van der Waals surface area contributed by atoms with Crippen molar-refractivity contribution in [2.24, 2.45) is 33.2 Å². The number of halogens is 4. The highest BCUT2D eigenvalue weighted by Crippen LogP contribution is 2.84. The fourth-order valence-electron chi connectivity index (χ4n) is 9.39. The first-order valence-corrected chi connectivity index (χ1v) is 13.7. The summed E-state index contributed by atoms with van der Waals surface area (Å²) in [4.78, 5) is 42.2. The van der Waals surface area contributed by atoms with E-state index in [1.807, 2.05) is 0 Å². The van der Waals surface area contributed by atoms with Crippen molar-refractivity contribution in [1.29, 1.82) is 0 Å². The van der Waals surface area contributed by atoms with Crippen LogP contribution in [0.15, 0.2) is 5.11 Å². The van der Waals surface area contributed by atoms with Crippen LogP contribution in [-0.2, 0) is 44.7 Å². The van der Waals surface area contributed by atoms with Crippen LogP contribution in [0.5, 0.6) is 0 Å². The normalized spacial score (nSPS) is 44.5. The van der Waals surface area contributed by atoms with Crippen LogP contribution in [-0.4, -0.2) is 70.0 Å². The summed E-state index contributed by atoms with van der Waals surface area (Å²) in [6.07, 6.45) is -8.50. The predicted molar refractivity (Wildman–Crippen MR) is 130 cm³/mol. The monoisotopic (exact) mass is 627 g/mol. The third kappa shape index (κ3) is 2.67. The Morgan fingerprint density at radius 3 is 2.27 bits per heavy atom. The maximum Gasteiger partial charge on any atom is 0.343 e. The van der Waals surface area contributed by atoms with Crippen LogP contribution >= 0.6 is 0 Å². The zero-order chi connectivity index (χ0) is 32.1. The van der Waals surface area contributed by atoms with Crippen LogP contribution in [0.2, 0.25) is 0 Å². The maximum absolute atomic E-state index is 15.0. The van der Waals surface area contributed by atoms with Crippen LogP contribution in [0.1, 0.15) is 39.7 Å². The smallest absolute Gasteiger partial charge is 0.343 e. The van der Waals surface area contributed by atoms with Gasteiger partial charge in [-0.25, -0.2) is 27.2 Å². The summed E-state index contributed by atoms with van der Waals surface area (Å²) in [5, 5.41) is 26.9. The lowest BCUT2D eigenvalue weighted by molar-refractivity contribution is -0.240. The highest BCUT2D eigenvalue weighted by Gasteiger charge is 3.04. The number of fused-ring (bicyclic) bond motifs is 1. The number of benzene rings is 1. The second-order valence-corrected chi connectivity index (χ2v) is 13.2. The quantitative estimate of drug-likeness (QED) is 0.0955. The summed E-state index contributed by atoms with van der Waals surface area (Å²) in [5.41, 5.74) is -4.15. The minimum Gasteiger partial charge on any atom is -0.459 e. The van der Waals surface area contributed by atoms with E-state index >= 15 is 0 Å². The number of aliphatic hydroxyl groups excluding tert-OH is 1. The lowest BCUT2D eigenvalue weighted by Gasteiger charge is -2.48. The molecule has 0 radical (unpaired) electrons. The van der Waals surface area contributed by atoms with Gasteiger partial charge in [0.2, 0.25) is 11.9 Å². The van der Waals surface area contributed by atoms with E-state index in [0.29, 0.717) is 0 Å². The number of rotatable bonds is 4. The number of nitrogens with zero attached hydrogens (tertiary/aromatic N) is 3. The molecule has 4 heterocycles. The van der Waals surface area contributed by atoms with Crippen molar-refractivity contribution in [3.8, 4) is 0 Å². The number of azide groups is 1. The molecule has 4 saturated heterocycles. The SMILES string of the molecule is C[C@@H]1C(=O)O[C@H]2[C@H](O)[C@]34[C@H]5C[C@@H](C(C)(C)C)[C@@]36[C@@H](OC(=O)[C@@H]6OCc3c(F)c(F)c(N=[N+]=[N-])c(F)c3F)O[C@]4(C(=O)O5)[C@@]12O. The van der Waals surface area contributed by atoms with E-state index in [9.17, 15) is 42.2 Å². The fourth-order valence-corrected chi connectivity index (χ4v) is 9.39. The number of esters is 3. The third-order valence-corrected chi connectivity index (χ3v) is 10.8. The zero-order valence-electron chi connectivity index (χ0n) is 23.5. The van der Waals surface area contributed by atoms with Crippen molar-refractivity contribution in [2.75, 3.05) is 0 Å². The molecule has 1 aromatic carbocycles. The fraction of sp³-hybridized carbons (Fsp3) is 0.667. The summed E-state index contributed by atoms with van der Waals surface area (Å²) in [6.45, 7) is 5.30. The first-order chi connectivity index (χ1) is 20.5. The molecule has 0 aromatic heterocycles. The van der Waals surface area contributed by atoms with Crippen LogP contribution in [0, 0.1) is 51.3 Å². The van der Waals surface area contributed by atoms with Crippen LogP contribution in [0.3, 0.4) is 0 Å². The number of ether oxygens (including phenoxy) is 5. The van der Waals surface area contributed by atoms with Gasteiger partial charge in [-0.3, -0.25) is 4.79 Å². The van der Waals surface area contributed by atoms with Gasteiger partial charge in [0.05, 0.1) is 28.9 Å². The highest BCUT2D eigenvalue weighted by molar-refractivity contribution is 5.94. The zero-order valence-corrected chi connectivity index (χ0v) is 23.5. The van der Waals surface area contributed by atoms with Crippen molar-refractivity contribution in [3.05, 3.63) is 39.3 Å². The first kappa shape index (κ1) is 29.2. The Kier molecular flexibility index (Phi) is 5.58.